The summed E-state index contributed by atoms with van der Waals surface area (Å²) < 4.78 is 11.1. The van der Waals surface area contributed by atoms with E-state index < -0.39 is 0 Å². The van der Waals surface area contributed by atoms with Crippen molar-refractivity contribution >= 4 is 11.0 Å². The molecule has 3 rings (SSSR count). The highest BCUT2D eigenvalue weighted by Crippen LogP contribution is 2.24. The van der Waals surface area contributed by atoms with Gasteiger partial charge in [-0.15, -0.1) is 0 Å². The lowest BCUT2D eigenvalue weighted by Crippen LogP contribution is -2.06. The van der Waals surface area contributed by atoms with E-state index in [9.17, 15) is 9.90 Å². The van der Waals surface area contributed by atoms with E-state index in [-0.39, 0.29) is 17.3 Å². The van der Waals surface area contributed by atoms with Crippen molar-refractivity contribution in [3.8, 4) is 22.6 Å². The summed E-state index contributed by atoms with van der Waals surface area (Å²) in [5.41, 5.74) is 1.49. The normalized spacial score (nSPS) is 11.0. The van der Waals surface area contributed by atoms with Gasteiger partial charge in [-0.3, -0.25) is 4.79 Å². The van der Waals surface area contributed by atoms with Gasteiger partial charge >= 0.3 is 0 Å². The van der Waals surface area contributed by atoms with E-state index in [1.54, 1.807) is 6.07 Å². The highest BCUT2D eigenvalue weighted by molar-refractivity contribution is 5.82. The van der Waals surface area contributed by atoms with Crippen molar-refractivity contribution in [1.82, 2.24) is 0 Å². The topological polar surface area (TPSA) is 59.7 Å². The minimum atomic E-state index is -0.126. The van der Waals surface area contributed by atoms with Crippen molar-refractivity contribution in [1.29, 1.82) is 0 Å². The molecular formula is C18H16O4. The van der Waals surface area contributed by atoms with Crippen LogP contribution in [-0.2, 0) is 0 Å². The zero-order chi connectivity index (χ0) is 15.7. The van der Waals surface area contributed by atoms with Crippen molar-refractivity contribution in [3.05, 3.63) is 59.0 Å². The molecule has 112 valence electrons. The van der Waals surface area contributed by atoms with Gasteiger partial charge in [0.2, 0.25) is 0 Å². The van der Waals surface area contributed by atoms with Crippen molar-refractivity contribution in [2.75, 3.05) is 0 Å². The summed E-state index contributed by atoms with van der Waals surface area (Å²) in [5.74, 6) is 0.826. The Morgan fingerprint density at radius 2 is 1.82 bits per heavy atom. The third kappa shape index (κ3) is 2.68. The highest BCUT2D eigenvalue weighted by atomic mass is 16.5. The van der Waals surface area contributed by atoms with Gasteiger partial charge < -0.3 is 14.3 Å². The van der Waals surface area contributed by atoms with E-state index in [1.807, 2.05) is 38.1 Å². The number of phenolic OH excluding ortho intramolecular Hbond substituents is 1. The molecule has 0 aliphatic rings. The number of hydrogen-bond acceptors (Lipinski definition) is 4. The Hall–Kier alpha value is -2.75. The standard InChI is InChI=1S/C18H16O4/c1-11(2)22-14-6-3-12(4-7-14)16-10-21-17-9-13(19)5-8-15(17)18(16)20/h3-11,19H,1-2H3. The molecule has 2 aromatic carbocycles. The fourth-order valence-electron chi connectivity index (χ4n) is 2.30. The van der Waals surface area contributed by atoms with Gasteiger partial charge in [-0.2, -0.15) is 0 Å². The second-order valence-corrected chi connectivity index (χ2v) is 5.35. The molecule has 22 heavy (non-hydrogen) atoms. The molecule has 1 aromatic heterocycles. The third-order valence-electron chi connectivity index (χ3n) is 3.30. The monoisotopic (exact) mass is 296 g/mol. The largest absolute Gasteiger partial charge is 0.508 e. The van der Waals surface area contributed by atoms with Crippen molar-refractivity contribution < 1.29 is 14.3 Å². The molecule has 1 N–H and O–H groups in total. The van der Waals surface area contributed by atoms with Crippen LogP contribution in [0.15, 0.2) is 57.9 Å². The molecule has 4 heteroatoms. The molecule has 0 spiro atoms. The van der Waals surface area contributed by atoms with Crippen LogP contribution in [0.4, 0.5) is 0 Å². The van der Waals surface area contributed by atoms with Crippen LogP contribution in [0.3, 0.4) is 0 Å². The number of rotatable bonds is 3. The first-order valence-electron chi connectivity index (χ1n) is 7.06. The Morgan fingerprint density at radius 1 is 1.09 bits per heavy atom. The van der Waals surface area contributed by atoms with Gasteiger partial charge in [0.05, 0.1) is 17.1 Å². The Bertz CT molecular complexity index is 860. The Labute approximate surface area is 127 Å². The number of hydrogen-bond donors (Lipinski definition) is 1. The first kappa shape index (κ1) is 14.2. The summed E-state index contributed by atoms with van der Waals surface area (Å²) in [7, 11) is 0. The molecule has 0 saturated carbocycles. The number of benzene rings is 2. The molecular weight excluding hydrogens is 280 g/mol. The molecule has 0 bridgehead atoms. The zero-order valence-electron chi connectivity index (χ0n) is 12.4. The lowest BCUT2D eigenvalue weighted by molar-refractivity contribution is 0.242. The smallest absolute Gasteiger partial charge is 0.200 e. The Kier molecular flexibility index (Phi) is 3.59. The predicted molar refractivity (Wildman–Crippen MR) is 85.3 cm³/mol. The van der Waals surface area contributed by atoms with Gasteiger partial charge in [0.15, 0.2) is 5.43 Å². The molecule has 0 radical (unpaired) electrons. The van der Waals surface area contributed by atoms with E-state index in [0.717, 1.165) is 11.3 Å². The minimum absolute atomic E-state index is 0.0681. The van der Waals surface area contributed by atoms with Crippen molar-refractivity contribution in [3.63, 3.8) is 0 Å². The molecule has 0 unspecified atom stereocenters. The van der Waals surface area contributed by atoms with E-state index in [4.69, 9.17) is 9.15 Å². The summed E-state index contributed by atoms with van der Waals surface area (Å²) in [4.78, 5) is 12.5. The maximum absolute atomic E-state index is 12.5. The van der Waals surface area contributed by atoms with Gasteiger partial charge in [0, 0.05) is 6.07 Å². The molecule has 0 aliphatic heterocycles. The fraction of sp³-hybridized carbons (Fsp3) is 0.167. The van der Waals surface area contributed by atoms with Crippen LogP contribution in [0.5, 0.6) is 11.5 Å². The van der Waals surface area contributed by atoms with Crippen LogP contribution in [0.25, 0.3) is 22.1 Å². The third-order valence-corrected chi connectivity index (χ3v) is 3.30. The first-order valence-corrected chi connectivity index (χ1v) is 7.06. The molecule has 0 aliphatic carbocycles. The lowest BCUT2D eigenvalue weighted by Gasteiger charge is -2.10. The van der Waals surface area contributed by atoms with Crippen molar-refractivity contribution in [2.45, 2.75) is 20.0 Å². The quantitative estimate of drug-likeness (QED) is 0.795. The molecule has 1 heterocycles. The van der Waals surface area contributed by atoms with Crippen LogP contribution in [0.2, 0.25) is 0 Å². The SMILES string of the molecule is CC(C)Oc1ccc(-c2coc3cc(O)ccc3c2=O)cc1. The van der Waals surface area contributed by atoms with Crippen LogP contribution in [0, 0.1) is 0 Å². The van der Waals surface area contributed by atoms with E-state index >= 15 is 0 Å². The van der Waals surface area contributed by atoms with Gasteiger partial charge in [-0.05, 0) is 43.7 Å². The van der Waals surface area contributed by atoms with E-state index in [0.29, 0.717) is 16.5 Å². The fourth-order valence-corrected chi connectivity index (χ4v) is 2.30. The number of ether oxygens (including phenoxy) is 1. The van der Waals surface area contributed by atoms with Gasteiger partial charge in [-0.1, -0.05) is 12.1 Å². The van der Waals surface area contributed by atoms with Crippen LogP contribution in [-0.4, -0.2) is 11.2 Å². The van der Waals surface area contributed by atoms with E-state index in [2.05, 4.69) is 0 Å². The average Bonchev–Trinajstić information content (AvgIpc) is 2.48. The Balaban J connectivity index is 2.05. The zero-order valence-corrected chi connectivity index (χ0v) is 12.4. The second-order valence-electron chi connectivity index (χ2n) is 5.35. The molecule has 0 atom stereocenters. The van der Waals surface area contributed by atoms with Gasteiger partial charge in [0.25, 0.3) is 0 Å². The maximum atomic E-state index is 12.5. The van der Waals surface area contributed by atoms with Crippen LogP contribution < -0.4 is 10.2 Å². The molecule has 0 fully saturated rings. The Morgan fingerprint density at radius 3 is 2.50 bits per heavy atom. The number of phenols is 1. The van der Waals surface area contributed by atoms with Crippen LogP contribution in [0.1, 0.15) is 13.8 Å². The first-order chi connectivity index (χ1) is 10.5. The highest BCUT2D eigenvalue weighted by Gasteiger charge is 2.10. The van der Waals surface area contributed by atoms with E-state index in [1.165, 1.54) is 18.4 Å². The summed E-state index contributed by atoms with van der Waals surface area (Å²) in [6, 6.07) is 11.8. The molecule has 4 nitrogen and oxygen atoms in total. The van der Waals surface area contributed by atoms with Crippen molar-refractivity contribution in [2.24, 2.45) is 0 Å². The summed E-state index contributed by atoms with van der Waals surface area (Å²) in [5, 5.41) is 9.88. The summed E-state index contributed by atoms with van der Waals surface area (Å²) >= 11 is 0. The van der Waals surface area contributed by atoms with Crippen LogP contribution >= 0.6 is 0 Å². The molecule has 0 amide bonds. The number of aromatic hydroxyl groups is 1. The molecule has 3 aromatic rings. The maximum Gasteiger partial charge on any atom is 0.200 e. The summed E-state index contributed by atoms with van der Waals surface area (Å²) in [6.45, 7) is 3.92. The number of fused-ring (bicyclic) bond motifs is 1. The second kappa shape index (κ2) is 5.56. The molecule has 0 saturated heterocycles. The van der Waals surface area contributed by atoms with Gasteiger partial charge in [-0.25, -0.2) is 0 Å². The predicted octanol–water partition coefficient (Wildman–Crippen LogP) is 3.95. The summed E-state index contributed by atoms with van der Waals surface area (Å²) in [6.07, 6.45) is 1.52. The average molecular weight is 296 g/mol. The lowest BCUT2D eigenvalue weighted by atomic mass is 10.1. The van der Waals surface area contributed by atoms with Gasteiger partial charge in [0.1, 0.15) is 23.3 Å². The minimum Gasteiger partial charge on any atom is -0.508 e.